The minimum Gasteiger partial charge on any atom is -0.370 e. The van der Waals surface area contributed by atoms with Crippen molar-refractivity contribution < 1.29 is 18.0 Å². The summed E-state index contributed by atoms with van der Waals surface area (Å²) in [5.41, 5.74) is 2.56. The van der Waals surface area contributed by atoms with E-state index in [1.165, 1.54) is 63.5 Å². The van der Waals surface area contributed by atoms with Crippen molar-refractivity contribution in [3.05, 3.63) is 74.7 Å². The van der Waals surface area contributed by atoms with Crippen LogP contribution in [0.5, 0.6) is 0 Å². The molecule has 0 radical (unpaired) electrons. The van der Waals surface area contributed by atoms with Gasteiger partial charge in [-0.3, -0.25) is 9.59 Å². The molecule has 1 amide bonds. The molecule has 0 fully saturated rings. The van der Waals surface area contributed by atoms with Gasteiger partial charge in [-0.05, 0) is 67.9 Å². The molecule has 0 aliphatic carbocycles. The lowest BCUT2D eigenvalue weighted by atomic mass is 10.1. The molecule has 4 N–H and O–H groups in total. The second kappa shape index (κ2) is 23.3. The number of aliphatic imine (C=N–C) groups is 2. The Labute approximate surface area is 357 Å². The van der Waals surface area contributed by atoms with Crippen LogP contribution in [-0.2, 0) is 19.6 Å². The van der Waals surface area contributed by atoms with Crippen molar-refractivity contribution in [2.24, 2.45) is 9.98 Å². The Morgan fingerprint density at radius 1 is 0.825 bits per heavy atom. The standard InChI is InChI=1S/C41H53Cl4N7O4S/c1-4-6-7-8-9-10-11-12-13-14-15-16-36(53)47-30-19-22-32(43)35(27-30)49-40-38(39(54)41(51-40)50-37-33(44)25-28(42)26-34(37)45)48-29-17-20-31(21-18-29)52(5-2)24-23-46-57(3,55)56/h17-22,25-27,41,46,50H,4-16,23-24H2,1-3H3,(H,47,53)(H,49,51). The molecule has 3 aromatic carbocycles. The Kier molecular flexibility index (Phi) is 18.9. The van der Waals surface area contributed by atoms with Crippen LogP contribution in [0, 0.1) is 0 Å². The number of carbonyl (C=O) groups excluding carboxylic acids is 2. The van der Waals surface area contributed by atoms with Crippen LogP contribution in [0.15, 0.2) is 64.6 Å². The van der Waals surface area contributed by atoms with Gasteiger partial charge in [-0.15, -0.1) is 0 Å². The number of ketones is 1. The molecule has 16 heteroatoms. The maximum atomic E-state index is 14.0. The Bertz CT molecular complexity index is 1970. The van der Waals surface area contributed by atoms with Crippen LogP contribution in [-0.4, -0.2) is 63.7 Å². The number of hydrogen-bond donors (Lipinski definition) is 4. The predicted molar refractivity (Wildman–Crippen MR) is 240 cm³/mol. The summed E-state index contributed by atoms with van der Waals surface area (Å²) in [6, 6.07) is 15.3. The van der Waals surface area contributed by atoms with Crippen LogP contribution in [0.1, 0.15) is 90.9 Å². The number of anilines is 4. The van der Waals surface area contributed by atoms with E-state index in [9.17, 15) is 18.0 Å². The quantitative estimate of drug-likeness (QED) is 0.0694. The van der Waals surface area contributed by atoms with Gasteiger partial charge in [0.1, 0.15) is 0 Å². The summed E-state index contributed by atoms with van der Waals surface area (Å²) in [7, 11) is -3.31. The van der Waals surface area contributed by atoms with E-state index in [1.807, 2.05) is 24.0 Å². The molecule has 1 aliphatic heterocycles. The number of likely N-dealkylation sites (N-methyl/N-ethyl adjacent to an activating group) is 1. The van der Waals surface area contributed by atoms with E-state index in [0.29, 0.717) is 46.6 Å². The summed E-state index contributed by atoms with van der Waals surface area (Å²) in [4.78, 5) is 38.2. The summed E-state index contributed by atoms with van der Waals surface area (Å²) >= 11 is 25.6. The molecule has 0 aromatic heterocycles. The van der Waals surface area contributed by atoms with Gasteiger partial charge in [0.25, 0.3) is 0 Å². The van der Waals surface area contributed by atoms with Gasteiger partial charge in [-0.1, -0.05) is 118 Å². The number of Topliss-reactive ketones (excluding diaryl/α,β-unsaturated/α-hetero) is 1. The molecule has 3 aromatic rings. The first-order chi connectivity index (χ1) is 27.3. The number of benzene rings is 3. The Hall–Kier alpha value is -3.39. The summed E-state index contributed by atoms with van der Waals surface area (Å²) in [5.74, 6) is -0.415. The molecule has 57 heavy (non-hydrogen) atoms. The maximum Gasteiger partial charge on any atom is 0.229 e. The number of hydrogen-bond acceptors (Lipinski definition) is 9. The summed E-state index contributed by atoms with van der Waals surface area (Å²) in [5, 5.41) is 10.2. The summed E-state index contributed by atoms with van der Waals surface area (Å²) in [6.07, 6.45) is 13.6. The Morgan fingerprint density at radius 3 is 2.04 bits per heavy atom. The van der Waals surface area contributed by atoms with Crippen molar-refractivity contribution in [2.45, 2.75) is 97.1 Å². The Balaban J connectivity index is 1.46. The fraction of sp³-hybridized carbons (Fsp3) is 0.463. The zero-order chi connectivity index (χ0) is 41.4. The van der Waals surface area contributed by atoms with Crippen LogP contribution in [0.25, 0.3) is 0 Å². The van der Waals surface area contributed by atoms with Gasteiger partial charge >= 0.3 is 0 Å². The lowest BCUT2D eigenvalue weighted by Crippen LogP contribution is -2.34. The predicted octanol–water partition coefficient (Wildman–Crippen LogP) is 10.9. The minimum atomic E-state index is -3.31. The number of halogens is 4. The van der Waals surface area contributed by atoms with E-state index in [1.54, 1.807) is 30.3 Å². The van der Waals surface area contributed by atoms with Crippen LogP contribution >= 0.6 is 46.4 Å². The molecular weight excluding hydrogens is 828 g/mol. The highest BCUT2D eigenvalue weighted by Gasteiger charge is 2.35. The van der Waals surface area contributed by atoms with Crippen molar-refractivity contribution in [3.63, 3.8) is 0 Å². The van der Waals surface area contributed by atoms with Crippen LogP contribution in [0.3, 0.4) is 0 Å². The van der Waals surface area contributed by atoms with Crippen LogP contribution < -0.4 is 25.6 Å². The molecule has 0 saturated carbocycles. The monoisotopic (exact) mass is 879 g/mol. The van der Waals surface area contributed by atoms with Gasteiger partial charge in [0.2, 0.25) is 21.7 Å². The van der Waals surface area contributed by atoms with Crippen LogP contribution in [0.4, 0.5) is 28.4 Å². The smallest absolute Gasteiger partial charge is 0.229 e. The molecule has 1 unspecified atom stereocenters. The minimum absolute atomic E-state index is 0.0214. The largest absolute Gasteiger partial charge is 0.370 e. The lowest BCUT2D eigenvalue weighted by Gasteiger charge is -2.23. The first kappa shape index (κ1) is 46.3. The number of sulfonamides is 1. The first-order valence-electron chi connectivity index (χ1n) is 19.6. The van der Waals surface area contributed by atoms with E-state index >= 15 is 0 Å². The normalized spacial score (nSPS) is 14.9. The van der Waals surface area contributed by atoms with E-state index in [-0.39, 0.29) is 39.7 Å². The number of rotatable bonds is 23. The number of amidine groups is 1. The van der Waals surface area contributed by atoms with Crippen molar-refractivity contribution in [2.75, 3.05) is 46.7 Å². The third-order valence-corrected chi connectivity index (χ3v) is 11.2. The topological polar surface area (TPSA) is 144 Å². The van der Waals surface area contributed by atoms with Crippen LogP contribution in [0.2, 0.25) is 20.1 Å². The van der Waals surface area contributed by atoms with E-state index in [0.717, 1.165) is 31.2 Å². The van der Waals surface area contributed by atoms with E-state index in [4.69, 9.17) is 51.4 Å². The maximum absolute atomic E-state index is 14.0. The summed E-state index contributed by atoms with van der Waals surface area (Å²) in [6.45, 7) is 5.55. The highest BCUT2D eigenvalue weighted by atomic mass is 35.5. The molecule has 0 saturated heterocycles. The second-order valence-electron chi connectivity index (χ2n) is 14.0. The zero-order valence-corrected chi connectivity index (χ0v) is 36.6. The van der Waals surface area contributed by atoms with Gasteiger partial charge < -0.3 is 20.9 Å². The molecule has 11 nitrogen and oxygen atoms in total. The molecule has 1 heterocycles. The van der Waals surface area contributed by atoms with Gasteiger partial charge in [-0.25, -0.2) is 23.1 Å². The lowest BCUT2D eigenvalue weighted by molar-refractivity contribution is -0.116. The van der Waals surface area contributed by atoms with Gasteiger partial charge in [-0.2, -0.15) is 0 Å². The molecule has 0 spiro atoms. The number of nitrogens with one attached hydrogen (secondary N) is 4. The molecule has 310 valence electrons. The third kappa shape index (κ3) is 15.4. The number of carbonyl (C=O) groups is 2. The van der Waals surface area contributed by atoms with Gasteiger partial charge in [0.05, 0.1) is 38.4 Å². The zero-order valence-electron chi connectivity index (χ0n) is 32.8. The van der Waals surface area contributed by atoms with Crippen molar-refractivity contribution >= 4 is 108 Å². The average Bonchev–Trinajstić information content (AvgIpc) is 3.44. The molecular formula is C41H53Cl4N7O4S. The molecule has 1 atom stereocenters. The second-order valence-corrected chi connectivity index (χ2v) is 17.5. The van der Waals surface area contributed by atoms with E-state index < -0.39 is 22.0 Å². The van der Waals surface area contributed by atoms with Gasteiger partial charge in [0.15, 0.2) is 17.7 Å². The Morgan fingerprint density at radius 2 is 1.44 bits per heavy atom. The van der Waals surface area contributed by atoms with Crippen molar-refractivity contribution in [3.8, 4) is 0 Å². The first-order valence-corrected chi connectivity index (χ1v) is 23.0. The number of unbranched alkanes of at least 4 members (excludes halogenated alkanes) is 10. The van der Waals surface area contributed by atoms with Crippen molar-refractivity contribution in [1.82, 2.24) is 4.72 Å². The fourth-order valence-corrected chi connectivity index (χ4v) is 7.86. The van der Waals surface area contributed by atoms with Gasteiger partial charge in [0, 0.05) is 42.5 Å². The highest BCUT2D eigenvalue weighted by molar-refractivity contribution is 7.88. The third-order valence-electron chi connectivity index (χ3n) is 9.35. The highest BCUT2D eigenvalue weighted by Crippen LogP contribution is 2.35. The van der Waals surface area contributed by atoms with E-state index in [2.05, 4.69) is 32.6 Å². The molecule has 4 rings (SSSR count). The summed E-state index contributed by atoms with van der Waals surface area (Å²) < 4.78 is 25.6. The SMILES string of the molecule is CCCCCCCCCCCCCC(=O)Nc1ccc(Cl)c(NC2=NC(Nc3c(Cl)cc(Cl)cc3Cl)C(=O)C2=Nc2ccc(N(CC)CCNS(C)(=O)=O)cc2)c1. The average molecular weight is 882 g/mol. The van der Waals surface area contributed by atoms with Crippen molar-refractivity contribution in [1.29, 1.82) is 0 Å². The molecule has 1 aliphatic rings. The fourth-order valence-electron chi connectivity index (χ4n) is 6.31. The number of amides is 1. The molecule has 0 bridgehead atoms. The number of nitrogens with zero attached hydrogens (tertiary/aromatic N) is 3.